The minimum atomic E-state index is -0.468. The SMILES string of the molecule is CC(C)N(CC(N)=O)CC(=O)NCc1ccc(F)cc1. The summed E-state index contributed by atoms with van der Waals surface area (Å²) in [4.78, 5) is 24.4. The van der Waals surface area contributed by atoms with Crippen LogP contribution < -0.4 is 11.1 Å². The molecule has 1 aromatic rings. The van der Waals surface area contributed by atoms with E-state index in [1.165, 1.54) is 12.1 Å². The second-order valence-electron chi connectivity index (χ2n) is 4.87. The number of hydrogen-bond acceptors (Lipinski definition) is 3. The average molecular weight is 281 g/mol. The fourth-order valence-corrected chi connectivity index (χ4v) is 1.66. The van der Waals surface area contributed by atoms with Gasteiger partial charge in [0.05, 0.1) is 13.1 Å². The molecule has 1 rings (SSSR count). The number of benzene rings is 1. The third kappa shape index (κ3) is 5.79. The third-order valence-electron chi connectivity index (χ3n) is 2.84. The first-order valence-corrected chi connectivity index (χ1v) is 6.42. The van der Waals surface area contributed by atoms with Crippen LogP contribution >= 0.6 is 0 Å². The van der Waals surface area contributed by atoms with Gasteiger partial charge in [0.25, 0.3) is 0 Å². The number of carbonyl (C=O) groups excluding carboxylic acids is 2. The van der Waals surface area contributed by atoms with Gasteiger partial charge in [0, 0.05) is 12.6 Å². The van der Waals surface area contributed by atoms with Gasteiger partial charge < -0.3 is 11.1 Å². The highest BCUT2D eigenvalue weighted by atomic mass is 19.1. The van der Waals surface area contributed by atoms with Crippen molar-refractivity contribution in [3.63, 3.8) is 0 Å². The Morgan fingerprint density at radius 2 is 1.85 bits per heavy atom. The maximum atomic E-state index is 12.7. The Morgan fingerprint density at radius 1 is 1.25 bits per heavy atom. The Balaban J connectivity index is 2.45. The van der Waals surface area contributed by atoms with Gasteiger partial charge in [-0.2, -0.15) is 0 Å². The molecule has 0 aliphatic carbocycles. The highest BCUT2D eigenvalue weighted by Gasteiger charge is 2.15. The predicted molar refractivity (Wildman–Crippen MR) is 74.2 cm³/mol. The number of nitrogens with two attached hydrogens (primary N) is 1. The van der Waals surface area contributed by atoms with Gasteiger partial charge in [-0.25, -0.2) is 4.39 Å². The molecular weight excluding hydrogens is 261 g/mol. The first-order chi connectivity index (χ1) is 9.38. The van der Waals surface area contributed by atoms with Crippen LogP contribution in [0, 0.1) is 5.82 Å². The van der Waals surface area contributed by atoms with E-state index in [9.17, 15) is 14.0 Å². The van der Waals surface area contributed by atoms with E-state index < -0.39 is 5.91 Å². The zero-order chi connectivity index (χ0) is 15.1. The first-order valence-electron chi connectivity index (χ1n) is 6.42. The fraction of sp³-hybridized carbons (Fsp3) is 0.429. The number of nitrogens with zero attached hydrogens (tertiary/aromatic N) is 1. The van der Waals surface area contributed by atoms with Crippen molar-refractivity contribution in [1.29, 1.82) is 0 Å². The normalized spacial score (nSPS) is 10.8. The van der Waals surface area contributed by atoms with Crippen LogP contribution in [-0.2, 0) is 16.1 Å². The van der Waals surface area contributed by atoms with Crippen molar-refractivity contribution in [3.05, 3.63) is 35.6 Å². The highest BCUT2D eigenvalue weighted by molar-refractivity contribution is 5.80. The predicted octanol–water partition coefficient (Wildman–Crippen LogP) is 0.638. The molecule has 110 valence electrons. The molecule has 0 bridgehead atoms. The number of halogens is 1. The van der Waals surface area contributed by atoms with Crippen LogP contribution in [0.4, 0.5) is 4.39 Å². The summed E-state index contributed by atoms with van der Waals surface area (Å²) >= 11 is 0. The molecule has 0 radical (unpaired) electrons. The molecule has 0 heterocycles. The minimum Gasteiger partial charge on any atom is -0.369 e. The number of nitrogens with one attached hydrogen (secondary N) is 1. The lowest BCUT2D eigenvalue weighted by atomic mass is 10.2. The second-order valence-corrected chi connectivity index (χ2v) is 4.87. The molecule has 20 heavy (non-hydrogen) atoms. The Bertz CT molecular complexity index is 460. The zero-order valence-corrected chi connectivity index (χ0v) is 11.7. The van der Waals surface area contributed by atoms with E-state index in [1.807, 2.05) is 13.8 Å². The molecule has 0 saturated heterocycles. The van der Waals surface area contributed by atoms with Crippen LogP contribution in [-0.4, -0.2) is 35.8 Å². The number of carbonyl (C=O) groups is 2. The van der Waals surface area contributed by atoms with E-state index in [0.29, 0.717) is 6.54 Å². The standard InChI is InChI=1S/C14H20FN3O2/c1-10(2)18(8-13(16)19)9-14(20)17-7-11-3-5-12(15)6-4-11/h3-6,10H,7-9H2,1-2H3,(H2,16,19)(H,17,20). The minimum absolute atomic E-state index is 0.0408. The lowest BCUT2D eigenvalue weighted by Gasteiger charge is -2.24. The molecule has 0 spiro atoms. The zero-order valence-electron chi connectivity index (χ0n) is 11.7. The topological polar surface area (TPSA) is 75.4 Å². The van der Waals surface area contributed by atoms with Gasteiger partial charge in [-0.1, -0.05) is 12.1 Å². The smallest absolute Gasteiger partial charge is 0.234 e. The van der Waals surface area contributed by atoms with E-state index in [2.05, 4.69) is 5.32 Å². The van der Waals surface area contributed by atoms with Crippen molar-refractivity contribution in [2.45, 2.75) is 26.4 Å². The molecule has 0 fully saturated rings. The molecule has 0 atom stereocenters. The molecular formula is C14H20FN3O2. The van der Waals surface area contributed by atoms with E-state index in [-0.39, 0.29) is 30.9 Å². The molecule has 0 saturated carbocycles. The van der Waals surface area contributed by atoms with Gasteiger partial charge in [-0.15, -0.1) is 0 Å². The van der Waals surface area contributed by atoms with Gasteiger partial charge in [-0.05, 0) is 31.5 Å². The van der Waals surface area contributed by atoms with Gasteiger partial charge in [0.2, 0.25) is 11.8 Å². The maximum absolute atomic E-state index is 12.7. The van der Waals surface area contributed by atoms with Crippen molar-refractivity contribution in [1.82, 2.24) is 10.2 Å². The lowest BCUT2D eigenvalue weighted by Crippen LogP contribution is -2.44. The largest absolute Gasteiger partial charge is 0.369 e. The second kappa shape index (κ2) is 7.59. The third-order valence-corrected chi connectivity index (χ3v) is 2.84. The molecule has 0 unspecified atom stereocenters. The molecule has 2 amide bonds. The molecule has 0 aromatic heterocycles. The lowest BCUT2D eigenvalue weighted by molar-refractivity contribution is -0.124. The summed E-state index contributed by atoms with van der Waals surface area (Å²) in [6.45, 7) is 4.23. The summed E-state index contributed by atoms with van der Waals surface area (Å²) in [6.07, 6.45) is 0. The van der Waals surface area contributed by atoms with Crippen molar-refractivity contribution in [2.24, 2.45) is 5.73 Å². The van der Waals surface area contributed by atoms with Crippen molar-refractivity contribution in [2.75, 3.05) is 13.1 Å². The summed E-state index contributed by atoms with van der Waals surface area (Å²) in [6, 6.07) is 5.95. The van der Waals surface area contributed by atoms with Gasteiger partial charge in [0.1, 0.15) is 5.82 Å². The molecule has 5 nitrogen and oxygen atoms in total. The van der Waals surface area contributed by atoms with Crippen LogP contribution in [0.5, 0.6) is 0 Å². The van der Waals surface area contributed by atoms with Gasteiger partial charge in [0.15, 0.2) is 0 Å². The quantitative estimate of drug-likeness (QED) is 0.770. The van der Waals surface area contributed by atoms with Crippen molar-refractivity contribution >= 4 is 11.8 Å². The molecule has 1 aromatic carbocycles. The summed E-state index contributed by atoms with van der Waals surface area (Å²) in [7, 11) is 0. The molecule has 0 aliphatic rings. The Morgan fingerprint density at radius 3 is 2.35 bits per heavy atom. The number of primary amides is 1. The van der Waals surface area contributed by atoms with E-state index >= 15 is 0 Å². The highest BCUT2D eigenvalue weighted by Crippen LogP contribution is 2.02. The average Bonchev–Trinajstić information content (AvgIpc) is 2.36. The first kappa shape index (κ1) is 16.1. The van der Waals surface area contributed by atoms with Gasteiger partial charge >= 0.3 is 0 Å². The van der Waals surface area contributed by atoms with Crippen molar-refractivity contribution in [3.8, 4) is 0 Å². The van der Waals surface area contributed by atoms with Crippen LogP contribution in [0.1, 0.15) is 19.4 Å². The summed E-state index contributed by atoms with van der Waals surface area (Å²) < 4.78 is 12.7. The van der Waals surface area contributed by atoms with E-state index in [1.54, 1.807) is 17.0 Å². The summed E-state index contributed by atoms with van der Waals surface area (Å²) in [5.41, 5.74) is 5.95. The van der Waals surface area contributed by atoms with E-state index in [0.717, 1.165) is 5.56 Å². The number of rotatable bonds is 7. The van der Waals surface area contributed by atoms with E-state index in [4.69, 9.17) is 5.73 Å². The Hall–Kier alpha value is -1.95. The van der Waals surface area contributed by atoms with Crippen molar-refractivity contribution < 1.29 is 14.0 Å². The molecule has 6 heteroatoms. The molecule has 3 N–H and O–H groups in total. The molecule has 0 aliphatic heterocycles. The Kier molecular flexibility index (Phi) is 6.11. The van der Waals surface area contributed by atoms with Crippen LogP contribution in [0.25, 0.3) is 0 Å². The maximum Gasteiger partial charge on any atom is 0.234 e. The van der Waals surface area contributed by atoms with Gasteiger partial charge in [-0.3, -0.25) is 14.5 Å². The Labute approximate surface area is 117 Å². The number of amides is 2. The summed E-state index contributed by atoms with van der Waals surface area (Å²) in [5, 5.41) is 2.72. The monoisotopic (exact) mass is 281 g/mol. The van der Waals surface area contributed by atoms with Crippen LogP contribution in [0.2, 0.25) is 0 Å². The van der Waals surface area contributed by atoms with Crippen LogP contribution in [0.15, 0.2) is 24.3 Å². The fourth-order valence-electron chi connectivity index (χ4n) is 1.66. The van der Waals surface area contributed by atoms with Crippen LogP contribution in [0.3, 0.4) is 0 Å². The summed E-state index contributed by atoms with van der Waals surface area (Å²) in [5.74, 6) is -0.984. The number of hydrogen-bond donors (Lipinski definition) is 2.